The van der Waals surface area contributed by atoms with Gasteiger partial charge in [-0.25, -0.2) is 0 Å². The van der Waals surface area contributed by atoms with Gasteiger partial charge in [0.15, 0.2) is 0 Å². The maximum Gasteiger partial charge on any atom is 0.322 e. The lowest BCUT2D eigenvalue weighted by molar-refractivity contribution is -0.138. The molecule has 0 radical (unpaired) electrons. The summed E-state index contributed by atoms with van der Waals surface area (Å²) in [6.45, 7) is -0.622. The molecule has 0 saturated carbocycles. The van der Waals surface area contributed by atoms with E-state index >= 15 is 0 Å². The first-order valence-electron chi connectivity index (χ1n) is 12.3. The lowest BCUT2D eigenvalue weighted by atomic mass is 10.1. The van der Waals surface area contributed by atoms with Gasteiger partial charge in [0.1, 0.15) is 13.1 Å². The number of aliphatic carboxylic acids is 2. The Morgan fingerprint density at radius 3 is 1.18 bits per heavy atom. The lowest BCUT2D eigenvalue weighted by Gasteiger charge is -2.02. The third kappa shape index (κ3) is 25.3. The molecule has 0 bridgehead atoms. The van der Waals surface area contributed by atoms with E-state index in [9.17, 15) is 19.2 Å². The first-order valence-corrected chi connectivity index (χ1v) is 12.3. The van der Waals surface area contributed by atoms with Crippen LogP contribution in [0.2, 0.25) is 0 Å². The van der Waals surface area contributed by atoms with Gasteiger partial charge in [-0.1, -0.05) is 63.2 Å². The number of carboxylic acid groups (broad SMARTS) is 2. The standard InChI is InChI=1S/C26H40N2O6/c29-23(27-21-25(31)32)19-17-15-13-11-9-7-5-3-1-2-4-6-8-10-12-14-16-18-20-24(30)28-22-26(33)34/h5-22H2,(H,27,29)(H,28,30)(H,31,32)(H,33,34). The highest BCUT2D eigenvalue weighted by molar-refractivity contribution is 5.81. The minimum absolute atomic E-state index is 0.200. The highest BCUT2D eigenvalue weighted by Crippen LogP contribution is 2.09. The van der Waals surface area contributed by atoms with Crippen LogP contribution < -0.4 is 10.6 Å². The van der Waals surface area contributed by atoms with E-state index < -0.39 is 11.9 Å². The number of carboxylic acids is 2. The minimum Gasteiger partial charge on any atom is -0.480 e. The van der Waals surface area contributed by atoms with Crippen molar-refractivity contribution in [1.82, 2.24) is 10.6 Å². The quantitative estimate of drug-likeness (QED) is 0.157. The summed E-state index contributed by atoms with van der Waals surface area (Å²) in [6, 6.07) is 0. The van der Waals surface area contributed by atoms with Gasteiger partial charge in [0.2, 0.25) is 11.8 Å². The fourth-order valence-corrected chi connectivity index (χ4v) is 3.15. The first-order chi connectivity index (χ1) is 16.4. The zero-order valence-electron chi connectivity index (χ0n) is 20.3. The summed E-state index contributed by atoms with van der Waals surface area (Å²) in [6.07, 6.45) is 14.7. The highest BCUT2D eigenvalue weighted by Gasteiger charge is 2.04. The summed E-state index contributed by atoms with van der Waals surface area (Å²) in [5.41, 5.74) is 0. The van der Waals surface area contributed by atoms with Crippen molar-refractivity contribution in [3.05, 3.63) is 0 Å². The summed E-state index contributed by atoms with van der Waals surface area (Å²) >= 11 is 0. The minimum atomic E-state index is -1.02. The first kappa shape index (κ1) is 31.0. The Bertz CT molecular complexity index is 665. The van der Waals surface area contributed by atoms with Crippen molar-refractivity contribution >= 4 is 23.8 Å². The Kier molecular flexibility index (Phi) is 21.1. The number of hydrogen-bond donors (Lipinski definition) is 4. The van der Waals surface area contributed by atoms with E-state index in [4.69, 9.17) is 10.2 Å². The fraction of sp³-hybridized carbons (Fsp3) is 0.692. The normalized spacial score (nSPS) is 9.76. The zero-order chi connectivity index (χ0) is 25.3. The largest absolute Gasteiger partial charge is 0.480 e. The van der Waals surface area contributed by atoms with Crippen molar-refractivity contribution in [2.45, 2.75) is 103 Å². The summed E-state index contributed by atoms with van der Waals surface area (Å²) in [5.74, 6) is 9.53. The third-order valence-corrected chi connectivity index (χ3v) is 5.02. The number of carbonyl (C=O) groups excluding carboxylic acids is 2. The Morgan fingerprint density at radius 1 is 0.500 bits per heavy atom. The molecule has 0 rings (SSSR count). The van der Waals surface area contributed by atoms with E-state index in [1.54, 1.807) is 0 Å². The van der Waals surface area contributed by atoms with Crippen molar-refractivity contribution in [2.24, 2.45) is 0 Å². The predicted molar refractivity (Wildman–Crippen MR) is 131 cm³/mol. The average Bonchev–Trinajstić information content (AvgIpc) is 2.80. The van der Waals surface area contributed by atoms with Gasteiger partial charge in [0.05, 0.1) is 0 Å². The molecular weight excluding hydrogens is 436 g/mol. The Hall–Kier alpha value is -3.00. The van der Waals surface area contributed by atoms with Gasteiger partial charge in [-0.2, -0.15) is 0 Å². The van der Waals surface area contributed by atoms with Gasteiger partial charge in [0.25, 0.3) is 0 Å². The average molecular weight is 477 g/mol. The Labute approximate surface area is 203 Å². The van der Waals surface area contributed by atoms with E-state index in [1.165, 1.54) is 0 Å². The number of hydrogen-bond acceptors (Lipinski definition) is 4. The summed E-state index contributed by atoms with van der Waals surface area (Å²) < 4.78 is 0. The van der Waals surface area contributed by atoms with Crippen molar-refractivity contribution in [2.75, 3.05) is 13.1 Å². The molecule has 2 amide bonds. The molecule has 0 saturated heterocycles. The van der Waals surface area contributed by atoms with Crippen LogP contribution in [0.3, 0.4) is 0 Å². The molecule has 8 heteroatoms. The number of nitrogens with one attached hydrogen (secondary N) is 2. The molecule has 8 nitrogen and oxygen atoms in total. The molecular formula is C26H40N2O6. The van der Waals surface area contributed by atoms with E-state index in [0.717, 1.165) is 89.9 Å². The van der Waals surface area contributed by atoms with Gasteiger partial charge in [-0.15, -0.1) is 0 Å². The van der Waals surface area contributed by atoms with Crippen LogP contribution in [-0.4, -0.2) is 47.1 Å². The van der Waals surface area contributed by atoms with Crippen LogP contribution in [0.4, 0.5) is 0 Å². The molecule has 0 aromatic rings. The van der Waals surface area contributed by atoms with Crippen molar-refractivity contribution in [3.63, 3.8) is 0 Å². The number of rotatable bonds is 20. The summed E-state index contributed by atoms with van der Waals surface area (Å²) in [5, 5.41) is 21.7. The van der Waals surface area contributed by atoms with Gasteiger partial charge in [-0.05, 0) is 37.5 Å². The molecule has 0 aromatic carbocycles. The zero-order valence-corrected chi connectivity index (χ0v) is 20.3. The topological polar surface area (TPSA) is 133 Å². The molecule has 0 atom stereocenters. The second-order valence-corrected chi connectivity index (χ2v) is 8.19. The Morgan fingerprint density at radius 2 is 0.824 bits per heavy atom. The van der Waals surface area contributed by atoms with Gasteiger partial charge >= 0.3 is 11.9 Å². The molecule has 0 aliphatic heterocycles. The SMILES string of the molecule is O=C(O)CNC(=O)CCCCCCCCC#CC#CCCCCCCCCC(=O)NCC(=O)O. The van der Waals surface area contributed by atoms with Crippen molar-refractivity contribution in [1.29, 1.82) is 0 Å². The maximum atomic E-state index is 11.4. The third-order valence-electron chi connectivity index (χ3n) is 5.02. The van der Waals surface area contributed by atoms with Crippen LogP contribution in [0.1, 0.15) is 103 Å². The molecule has 34 heavy (non-hydrogen) atoms. The summed E-state index contributed by atoms with van der Waals surface area (Å²) in [4.78, 5) is 43.4. The molecule has 190 valence electrons. The van der Waals surface area contributed by atoms with Crippen LogP contribution in [0.15, 0.2) is 0 Å². The van der Waals surface area contributed by atoms with Crippen LogP contribution >= 0.6 is 0 Å². The van der Waals surface area contributed by atoms with E-state index in [0.29, 0.717) is 12.8 Å². The van der Waals surface area contributed by atoms with E-state index in [-0.39, 0.29) is 24.9 Å². The molecule has 0 heterocycles. The smallest absolute Gasteiger partial charge is 0.322 e. The molecule has 0 fully saturated rings. The van der Waals surface area contributed by atoms with Crippen molar-refractivity contribution in [3.8, 4) is 23.7 Å². The number of amides is 2. The fourth-order valence-electron chi connectivity index (χ4n) is 3.15. The second-order valence-electron chi connectivity index (χ2n) is 8.19. The summed E-state index contributed by atoms with van der Waals surface area (Å²) in [7, 11) is 0. The molecule has 0 aliphatic rings. The predicted octanol–water partition coefficient (Wildman–Crippen LogP) is 3.64. The maximum absolute atomic E-state index is 11.4. The van der Waals surface area contributed by atoms with Crippen molar-refractivity contribution < 1.29 is 29.4 Å². The monoisotopic (exact) mass is 476 g/mol. The number of unbranched alkanes of at least 4 members (excludes halogenated alkanes) is 12. The van der Waals surface area contributed by atoms with E-state index in [1.807, 2.05) is 0 Å². The van der Waals surface area contributed by atoms with Gasteiger partial charge < -0.3 is 20.8 Å². The van der Waals surface area contributed by atoms with E-state index in [2.05, 4.69) is 34.3 Å². The molecule has 0 aliphatic carbocycles. The van der Waals surface area contributed by atoms with Crippen LogP contribution in [0.25, 0.3) is 0 Å². The molecule has 4 N–H and O–H groups in total. The number of carbonyl (C=O) groups is 4. The highest BCUT2D eigenvalue weighted by atomic mass is 16.4. The Balaban J connectivity index is 3.39. The lowest BCUT2D eigenvalue weighted by Crippen LogP contribution is -2.28. The van der Waals surface area contributed by atoms with Crippen LogP contribution in [-0.2, 0) is 19.2 Å². The molecule has 0 aromatic heterocycles. The molecule has 0 unspecified atom stereocenters. The molecule has 0 spiro atoms. The van der Waals surface area contributed by atoms with Crippen LogP contribution in [0.5, 0.6) is 0 Å². The van der Waals surface area contributed by atoms with Gasteiger partial charge in [-0.3, -0.25) is 19.2 Å². The second kappa shape index (κ2) is 23.2. The van der Waals surface area contributed by atoms with Gasteiger partial charge in [0, 0.05) is 25.7 Å². The van der Waals surface area contributed by atoms with Crippen LogP contribution in [0, 0.1) is 23.7 Å².